The summed E-state index contributed by atoms with van der Waals surface area (Å²) in [6.07, 6.45) is 0. The van der Waals surface area contributed by atoms with Gasteiger partial charge in [-0.2, -0.15) is 0 Å². The van der Waals surface area contributed by atoms with E-state index in [0.717, 1.165) is 53.9 Å². The van der Waals surface area contributed by atoms with Gasteiger partial charge in [-0.3, -0.25) is 0 Å². The fourth-order valence-electron chi connectivity index (χ4n) is 6.59. The van der Waals surface area contributed by atoms with Gasteiger partial charge in [0.25, 0.3) is 0 Å². The van der Waals surface area contributed by atoms with Gasteiger partial charge in [0.05, 0.1) is 5.48 Å². The van der Waals surface area contributed by atoms with Crippen molar-refractivity contribution < 1.29 is 5.48 Å². The Balaban J connectivity index is 1.26. The Bertz CT molecular complexity index is 2710. The second-order valence-electron chi connectivity index (χ2n) is 11.0. The van der Waals surface area contributed by atoms with Crippen LogP contribution in [0.15, 0.2) is 158 Å². The summed E-state index contributed by atoms with van der Waals surface area (Å²) in [5.74, 6) is 0. The van der Waals surface area contributed by atoms with Gasteiger partial charge in [0.1, 0.15) is 0 Å². The van der Waals surface area contributed by atoms with Crippen molar-refractivity contribution in [1.29, 1.82) is 0 Å². The Kier molecular flexibility index (Phi) is 4.21. The van der Waals surface area contributed by atoms with Crippen LogP contribution in [0.1, 0.15) is 5.48 Å². The first-order valence-corrected chi connectivity index (χ1v) is 14.3. The zero-order valence-electron chi connectivity index (χ0n) is 26.7. The molecule has 0 nitrogen and oxygen atoms in total. The maximum absolute atomic E-state index is 9.23. The molecule has 0 unspecified atom stereocenters. The molecule has 0 atom stereocenters. The average molecular weight is 535 g/mol. The highest BCUT2D eigenvalue weighted by atomic mass is 14.2. The molecule has 9 rings (SSSR count). The minimum atomic E-state index is -0.0372. The van der Waals surface area contributed by atoms with Gasteiger partial charge in [-0.05, 0) is 111 Å². The van der Waals surface area contributed by atoms with E-state index in [4.69, 9.17) is 0 Å². The van der Waals surface area contributed by atoms with Crippen LogP contribution in [-0.4, -0.2) is 0 Å². The monoisotopic (exact) mass is 534 g/mol. The van der Waals surface area contributed by atoms with Gasteiger partial charge in [-0.1, -0.05) is 133 Å². The third kappa shape index (κ3) is 3.56. The lowest BCUT2D eigenvalue weighted by molar-refractivity contribution is 1.63. The Labute approximate surface area is 249 Å². The molecule has 0 fully saturated rings. The van der Waals surface area contributed by atoms with Crippen molar-refractivity contribution in [1.82, 2.24) is 0 Å². The van der Waals surface area contributed by atoms with E-state index in [2.05, 4.69) is 72.8 Å². The maximum atomic E-state index is 9.23. The smallest absolute Gasteiger partial charge is 0.0616 e. The number of hydrogen-bond donors (Lipinski definition) is 0. The van der Waals surface area contributed by atoms with Crippen LogP contribution < -0.4 is 0 Å². The average Bonchev–Trinajstić information content (AvgIpc) is 3.09. The van der Waals surface area contributed by atoms with Gasteiger partial charge in [0, 0.05) is 0 Å². The minimum Gasteiger partial charge on any atom is -0.0616 e. The molecule has 0 bridgehead atoms. The molecule has 0 heteroatoms. The molecule has 194 valence electrons. The highest BCUT2D eigenvalue weighted by molar-refractivity contribution is 6.23. The fourth-order valence-corrected chi connectivity index (χ4v) is 6.59. The maximum Gasteiger partial charge on any atom is 0.0629 e. The summed E-state index contributed by atoms with van der Waals surface area (Å²) < 4.78 is 36.8. The summed E-state index contributed by atoms with van der Waals surface area (Å²) in [5.41, 5.74) is 2.02. The van der Waals surface area contributed by atoms with E-state index in [9.17, 15) is 5.48 Å². The number of rotatable bonds is 2. The van der Waals surface area contributed by atoms with Gasteiger partial charge in [-0.15, -0.1) is 0 Å². The predicted molar refractivity (Wildman–Crippen MR) is 182 cm³/mol. The fraction of sp³-hybridized carbons (Fsp3) is 0. The van der Waals surface area contributed by atoms with Crippen LogP contribution in [0, 0.1) is 0 Å². The zero-order chi connectivity index (χ0) is 31.1. The number of fused-ring (bicyclic) bond motifs is 9. The molecule has 0 N–H and O–H groups in total. The molecule has 0 aliphatic carbocycles. The standard InChI is InChI=1S/C42H26/c1-2-9-31-25-41-34(23-30(31)8-1)19-18-33-24-32(21-22-36(33)41)27-13-15-29(16-14-27)40-26-35-20-17-28-7-3-4-10-37(28)42(35)39-12-6-5-11-38(39)40/h1-26H/i13D,14D,15D,16D. The van der Waals surface area contributed by atoms with E-state index in [0.29, 0.717) is 22.3 Å². The minimum absolute atomic E-state index is 0.0358. The summed E-state index contributed by atoms with van der Waals surface area (Å²) in [6.45, 7) is 0. The highest BCUT2D eigenvalue weighted by Gasteiger charge is 2.12. The van der Waals surface area contributed by atoms with Gasteiger partial charge >= 0.3 is 0 Å². The Hall–Kier alpha value is -5.46. The first-order chi connectivity index (χ1) is 22.5. The van der Waals surface area contributed by atoms with Crippen molar-refractivity contribution >= 4 is 64.6 Å². The summed E-state index contributed by atoms with van der Waals surface area (Å²) >= 11 is 0. The second-order valence-corrected chi connectivity index (χ2v) is 11.0. The van der Waals surface area contributed by atoms with Gasteiger partial charge in [0.15, 0.2) is 0 Å². The molecule has 9 aromatic carbocycles. The first kappa shape index (κ1) is 19.6. The summed E-state index contributed by atoms with van der Waals surface area (Å²) in [6, 6.07) is 45.4. The molecule has 0 aliphatic heterocycles. The number of hydrogen-bond acceptors (Lipinski definition) is 0. The molecule has 0 radical (unpaired) electrons. The molecule has 0 saturated heterocycles. The van der Waals surface area contributed by atoms with Crippen molar-refractivity contribution in [3.8, 4) is 22.3 Å². The molecule has 0 heterocycles. The lowest BCUT2D eigenvalue weighted by Gasteiger charge is -2.14. The number of benzene rings is 9. The van der Waals surface area contributed by atoms with Crippen molar-refractivity contribution in [3.05, 3.63) is 158 Å². The predicted octanol–water partition coefficient (Wildman–Crippen LogP) is 11.9. The van der Waals surface area contributed by atoms with Gasteiger partial charge in [-0.25, -0.2) is 0 Å². The lowest BCUT2D eigenvalue weighted by atomic mass is 9.90. The van der Waals surface area contributed by atoms with E-state index in [1.54, 1.807) is 0 Å². The van der Waals surface area contributed by atoms with Crippen LogP contribution >= 0.6 is 0 Å². The SMILES string of the molecule is [2H]c1c([2H])c(-c2cc3ccc4ccccc4c3c3ccccc23)c([2H])c([2H])c1-c1ccc2c(ccc3cc4ccccc4cc32)c1. The van der Waals surface area contributed by atoms with Crippen LogP contribution in [0.5, 0.6) is 0 Å². The molecule has 0 spiro atoms. The van der Waals surface area contributed by atoms with E-state index < -0.39 is 0 Å². The molecule has 42 heavy (non-hydrogen) atoms. The van der Waals surface area contributed by atoms with Gasteiger partial charge < -0.3 is 0 Å². The molecule has 0 aromatic heterocycles. The molecule has 9 aromatic rings. The van der Waals surface area contributed by atoms with Crippen LogP contribution in [0.25, 0.3) is 86.9 Å². The van der Waals surface area contributed by atoms with E-state index >= 15 is 0 Å². The third-order valence-electron chi connectivity index (χ3n) is 8.63. The van der Waals surface area contributed by atoms with Crippen molar-refractivity contribution in [2.75, 3.05) is 0 Å². The highest BCUT2D eigenvalue weighted by Crippen LogP contribution is 2.39. The van der Waals surface area contributed by atoms with Crippen LogP contribution in [0.4, 0.5) is 0 Å². The van der Waals surface area contributed by atoms with Gasteiger partial charge in [0.2, 0.25) is 0 Å². The topological polar surface area (TPSA) is 0 Å². The first-order valence-electron chi connectivity index (χ1n) is 16.3. The second kappa shape index (κ2) is 9.03. The Morgan fingerprint density at radius 2 is 0.905 bits per heavy atom. The zero-order valence-corrected chi connectivity index (χ0v) is 22.7. The molecule has 0 amide bonds. The van der Waals surface area contributed by atoms with E-state index in [1.807, 2.05) is 60.7 Å². The Morgan fingerprint density at radius 3 is 1.71 bits per heavy atom. The summed E-state index contributed by atoms with van der Waals surface area (Å²) in [7, 11) is 0. The van der Waals surface area contributed by atoms with E-state index in [1.165, 1.54) is 10.8 Å². The van der Waals surface area contributed by atoms with Crippen molar-refractivity contribution in [2.45, 2.75) is 0 Å². The largest absolute Gasteiger partial charge is 0.0629 e. The third-order valence-corrected chi connectivity index (χ3v) is 8.63. The molecular weight excluding hydrogens is 504 g/mol. The summed E-state index contributed by atoms with van der Waals surface area (Å²) in [4.78, 5) is 0. The van der Waals surface area contributed by atoms with Crippen molar-refractivity contribution in [3.63, 3.8) is 0 Å². The van der Waals surface area contributed by atoms with Crippen LogP contribution in [0.2, 0.25) is 0 Å². The van der Waals surface area contributed by atoms with Crippen molar-refractivity contribution in [2.24, 2.45) is 0 Å². The normalized spacial score (nSPS) is 13.1. The van der Waals surface area contributed by atoms with Crippen LogP contribution in [-0.2, 0) is 0 Å². The summed E-state index contributed by atoms with van der Waals surface area (Å²) in [5, 5.41) is 13.1. The van der Waals surface area contributed by atoms with E-state index in [-0.39, 0.29) is 24.2 Å². The molecular formula is C42H26. The molecule has 0 aliphatic rings. The molecule has 0 saturated carbocycles. The Morgan fingerprint density at radius 1 is 0.310 bits per heavy atom. The lowest BCUT2D eigenvalue weighted by Crippen LogP contribution is -1.87. The quantitative estimate of drug-likeness (QED) is 0.153. The van der Waals surface area contributed by atoms with Crippen LogP contribution in [0.3, 0.4) is 0 Å².